The van der Waals surface area contributed by atoms with Gasteiger partial charge in [0.1, 0.15) is 5.82 Å². The molecule has 0 unspecified atom stereocenters. The molecule has 3 rings (SSSR count). The van der Waals surface area contributed by atoms with Gasteiger partial charge in [-0.3, -0.25) is 9.52 Å². The highest BCUT2D eigenvalue weighted by atomic mass is 35.5. The van der Waals surface area contributed by atoms with Crippen molar-refractivity contribution in [3.8, 4) is 23.0 Å². The third-order valence-electron chi connectivity index (χ3n) is 4.50. The van der Waals surface area contributed by atoms with Crippen molar-refractivity contribution in [3.05, 3.63) is 63.3 Å². The minimum atomic E-state index is -3.68. The summed E-state index contributed by atoms with van der Waals surface area (Å²) in [4.78, 5) is 20.4. The Morgan fingerprint density at radius 3 is 2.66 bits per heavy atom. The highest BCUT2D eigenvalue weighted by Gasteiger charge is 2.17. The molecule has 0 atom stereocenters. The van der Waals surface area contributed by atoms with E-state index in [-0.39, 0.29) is 39.6 Å². The first kappa shape index (κ1) is 23.7. The lowest BCUT2D eigenvalue weighted by molar-refractivity contribution is 0.412. The largest absolute Gasteiger partial charge is 0.419 e. The summed E-state index contributed by atoms with van der Waals surface area (Å²) >= 11 is 6.03. The summed E-state index contributed by atoms with van der Waals surface area (Å²) in [5.41, 5.74) is 1.08. The van der Waals surface area contributed by atoms with Crippen LogP contribution in [0.1, 0.15) is 25.3 Å². The molecule has 0 aliphatic rings. The lowest BCUT2D eigenvalue weighted by Crippen LogP contribution is -2.19. The van der Waals surface area contributed by atoms with Crippen LogP contribution in [0.2, 0.25) is 5.02 Å². The Hall–Kier alpha value is -2.98. The lowest BCUT2D eigenvalue weighted by atomic mass is 10.1. The number of unbranched alkanes of at least 4 members (excludes halogenated alkanes) is 1. The maximum Gasteiger partial charge on any atom is 0.324 e. The number of aryl methyl sites for hydroxylation is 2. The Bertz CT molecular complexity index is 1270. The van der Waals surface area contributed by atoms with E-state index in [0.717, 1.165) is 6.07 Å². The molecule has 0 radical (unpaired) electrons. The SMILES string of the molecule is CCCCS(=O)(=O)Nc1cc(-c2cc(C)c(=O)n(C)c2)nc(Oc2c(F)cccc2Cl)n1. The first-order valence-corrected chi connectivity index (χ1v) is 11.8. The molecule has 0 fully saturated rings. The quantitative estimate of drug-likeness (QED) is 0.516. The zero-order chi connectivity index (χ0) is 23.5. The maximum atomic E-state index is 14.2. The Morgan fingerprint density at radius 1 is 1.25 bits per heavy atom. The molecule has 170 valence electrons. The topological polar surface area (TPSA) is 103 Å². The summed E-state index contributed by atoms with van der Waals surface area (Å²) in [6, 6.07) is 6.74. The molecular weight excluding hydrogens is 459 g/mol. The van der Waals surface area contributed by atoms with Gasteiger partial charge in [0.25, 0.3) is 5.56 Å². The molecule has 2 heterocycles. The minimum Gasteiger partial charge on any atom is -0.419 e. The van der Waals surface area contributed by atoms with E-state index < -0.39 is 15.8 Å². The number of hydrogen-bond donors (Lipinski definition) is 1. The summed E-state index contributed by atoms with van der Waals surface area (Å²) in [7, 11) is -2.09. The number of rotatable bonds is 8. The van der Waals surface area contributed by atoms with E-state index in [1.54, 1.807) is 26.2 Å². The second-order valence-corrected chi connectivity index (χ2v) is 9.43. The highest BCUT2D eigenvalue weighted by Crippen LogP contribution is 2.32. The molecule has 1 N–H and O–H groups in total. The van der Waals surface area contributed by atoms with Crippen molar-refractivity contribution >= 4 is 27.4 Å². The van der Waals surface area contributed by atoms with E-state index in [1.165, 1.54) is 22.8 Å². The fourth-order valence-electron chi connectivity index (χ4n) is 2.90. The number of hydrogen-bond acceptors (Lipinski definition) is 6. The Balaban J connectivity index is 2.10. The van der Waals surface area contributed by atoms with Crippen molar-refractivity contribution in [3.63, 3.8) is 0 Å². The van der Waals surface area contributed by atoms with Gasteiger partial charge in [0.15, 0.2) is 11.6 Å². The number of nitrogens with one attached hydrogen (secondary N) is 1. The van der Waals surface area contributed by atoms with Crippen LogP contribution in [0.25, 0.3) is 11.3 Å². The average molecular weight is 481 g/mol. The van der Waals surface area contributed by atoms with E-state index >= 15 is 0 Å². The molecule has 0 saturated carbocycles. The van der Waals surface area contributed by atoms with E-state index in [4.69, 9.17) is 16.3 Å². The molecule has 0 saturated heterocycles. The summed E-state index contributed by atoms with van der Waals surface area (Å²) in [6.07, 6.45) is 2.72. The predicted molar refractivity (Wildman–Crippen MR) is 121 cm³/mol. The molecule has 0 aliphatic heterocycles. The van der Waals surface area contributed by atoms with E-state index in [2.05, 4.69) is 14.7 Å². The zero-order valence-electron chi connectivity index (χ0n) is 17.7. The van der Waals surface area contributed by atoms with Crippen molar-refractivity contribution in [2.24, 2.45) is 7.05 Å². The number of benzene rings is 1. The predicted octanol–water partition coefficient (Wildman–Crippen LogP) is 4.28. The first-order valence-electron chi connectivity index (χ1n) is 9.78. The molecule has 1 aromatic carbocycles. The number of halogens is 2. The van der Waals surface area contributed by atoms with Crippen molar-refractivity contribution in [2.45, 2.75) is 26.7 Å². The number of pyridine rings is 1. The number of aromatic nitrogens is 3. The van der Waals surface area contributed by atoms with Crippen LogP contribution in [0.3, 0.4) is 0 Å². The Morgan fingerprint density at radius 2 is 2.00 bits per heavy atom. The summed E-state index contributed by atoms with van der Waals surface area (Å²) in [5, 5.41) is 0.00188. The molecule has 0 bridgehead atoms. The Kier molecular flexibility index (Phi) is 7.15. The first-order chi connectivity index (χ1) is 15.1. The van der Waals surface area contributed by atoms with Crippen LogP contribution in [0.4, 0.5) is 10.2 Å². The van der Waals surface area contributed by atoms with Gasteiger partial charge < -0.3 is 9.30 Å². The molecule has 0 amide bonds. The molecule has 0 aliphatic carbocycles. The van der Waals surface area contributed by atoms with Crippen LogP contribution in [0, 0.1) is 12.7 Å². The second-order valence-electron chi connectivity index (χ2n) is 7.18. The van der Waals surface area contributed by atoms with E-state index in [0.29, 0.717) is 24.0 Å². The molecule has 0 spiro atoms. The van der Waals surface area contributed by atoms with Gasteiger partial charge in [-0.15, -0.1) is 0 Å². The molecular formula is C21H22ClFN4O4S. The van der Waals surface area contributed by atoms with Gasteiger partial charge in [-0.2, -0.15) is 9.97 Å². The van der Waals surface area contributed by atoms with Crippen LogP contribution in [0.15, 0.2) is 41.3 Å². The molecule has 3 aromatic rings. The normalized spacial score (nSPS) is 11.4. The van der Waals surface area contributed by atoms with Gasteiger partial charge >= 0.3 is 6.01 Å². The molecule has 11 heteroatoms. The van der Waals surface area contributed by atoms with Crippen LogP contribution in [0.5, 0.6) is 11.8 Å². The van der Waals surface area contributed by atoms with Gasteiger partial charge in [0, 0.05) is 30.4 Å². The zero-order valence-corrected chi connectivity index (χ0v) is 19.3. The fraction of sp³-hybridized carbons (Fsp3) is 0.286. The number of anilines is 1. The van der Waals surface area contributed by atoms with Gasteiger partial charge in [0.05, 0.1) is 16.5 Å². The molecule has 8 nitrogen and oxygen atoms in total. The lowest BCUT2D eigenvalue weighted by Gasteiger charge is -2.13. The minimum absolute atomic E-state index is 0.00188. The van der Waals surface area contributed by atoms with Crippen molar-refractivity contribution in [1.82, 2.24) is 14.5 Å². The molecule has 32 heavy (non-hydrogen) atoms. The number of sulfonamides is 1. The average Bonchev–Trinajstić information content (AvgIpc) is 2.72. The monoisotopic (exact) mass is 480 g/mol. The maximum absolute atomic E-state index is 14.2. The van der Waals surface area contributed by atoms with Gasteiger partial charge in [-0.25, -0.2) is 12.8 Å². The van der Waals surface area contributed by atoms with Crippen molar-refractivity contribution in [1.29, 1.82) is 0 Å². The van der Waals surface area contributed by atoms with Gasteiger partial charge in [0.2, 0.25) is 10.0 Å². The van der Waals surface area contributed by atoms with Crippen LogP contribution < -0.4 is 15.0 Å². The highest BCUT2D eigenvalue weighted by molar-refractivity contribution is 7.92. The molecule has 2 aromatic heterocycles. The van der Waals surface area contributed by atoms with Crippen LogP contribution >= 0.6 is 11.6 Å². The second kappa shape index (κ2) is 9.66. The third kappa shape index (κ3) is 5.63. The van der Waals surface area contributed by atoms with Crippen LogP contribution in [-0.2, 0) is 17.1 Å². The van der Waals surface area contributed by atoms with Gasteiger partial charge in [-0.05, 0) is 31.5 Å². The van der Waals surface area contributed by atoms with E-state index in [9.17, 15) is 17.6 Å². The summed E-state index contributed by atoms with van der Waals surface area (Å²) in [6.45, 7) is 3.53. The van der Waals surface area contributed by atoms with Gasteiger partial charge in [-0.1, -0.05) is 31.0 Å². The number of nitrogens with zero attached hydrogens (tertiary/aromatic N) is 3. The Labute approximate surface area is 190 Å². The van der Waals surface area contributed by atoms with E-state index in [1.807, 2.05) is 6.92 Å². The smallest absolute Gasteiger partial charge is 0.324 e. The third-order valence-corrected chi connectivity index (χ3v) is 6.15. The summed E-state index contributed by atoms with van der Waals surface area (Å²) in [5.74, 6) is -1.16. The van der Waals surface area contributed by atoms with Crippen molar-refractivity contribution in [2.75, 3.05) is 10.5 Å². The summed E-state index contributed by atoms with van der Waals surface area (Å²) < 4.78 is 48.3. The fourth-order valence-corrected chi connectivity index (χ4v) is 4.30. The van der Waals surface area contributed by atoms with Crippen molar-refractivity contribution < 1.29 is 17.5 Å². The standard InChI is InChI=1S/C21H22ClFN4O4S/c1-4-5-9-32(29,30)26-18-11-17(14-10-13(2)20(28)27(3)12-14)24-21(25-18)31-19-15(22)7-6-8-16(19)23/h6-8,10-12H,4-5,9H2,1-3H3,(H,24,25,26). The number of ether oxygens (including phenoxy) is 1. The van der Waals surface area contributed by atoms with Crippen LogP contribution in [-0.4, -0.2) is 28.7 Å². The number of para-hydroxylation sites is 1.